The SMILES string of the molecule is CCCN1C(=O)/C(=C\c2ccc(-c3ccc(C(=O)[O-])cc3)o2)SC1=Nc1ccccc1. The van der Waals surface area contributed by atoms with Gasteiger partial charge in [-0.3, -0.25) is 9.69 Å². The van der Waals surface area contributed by atoms with E-state index in [-0.39, 0.29) is 11.5 Å². The molecule has 1 saturated heterocycles. The number of amidine groups is 1. The molecule has 0 spiro atoms. The highest BCUT2D eigenvalue weighted by Gasteiger charge is 2.33. The smallest absolute Gasteiger partial charge is 0.266 e. The summed E-state index contributed by atoms with van der Waals surface area (Å²) in [4.78, 5) is 30.7. The third-order valence-corrected chi connectivity index (χ3v) is 5.63. The largest absolute Gasteiger partial charge is 0.545 e. The Morgan fingerprint density at radius 3 is 2.52 bits per heavy atom. The molecule has 7 heteroatoms. The van der Waals surface area contributed by atoms with E-state index in [2.05, 4.69) is 4.99 Å². The van der Waals surface area contributed by atoms with E-state index in [9.17, 15) is 14.7 Å². The van der Waals surface area contributed by atoms with E-state index < -0.39 is 5.97 Å². The molecule has 3 aromatic rings. The van der Waals surface area contributed by atoms with Gasteiger partial charge in [0.05, 0.1) is 16.6 Å². The van der Waals surface area contributed by atoms with Gasteiger partial charge in [-0.05, 0) is 48.0 Å². The van der Waals surface area contributed by atoms with Gasteiger partial charge in [0.1, 0.15) is 11.5 Å². The molecule has 1 fully saturated rings. The molecule has 156 valence electrons. The first-order valence-corrected chi connectivity index (χ1v) is 10.6. The molecule has 1 amide bonds. The summed E-state index contributed by atoms with van der Waals surface area (Å²) in [5.74, 6) is -0.210. The molecule has 0 aliphatic carbocycles. The fourth-order valence-electron chi connectivity index (χ4n) is 3.11. The first-order valence-electron chi connectivity index (χ1n) is 9.82. The maximum absolute atomic E-state index is 12.9. The maximum atomic E-state index is 12.9. The Hall–Kier alpha value is -3.58. The Labute approximate surface area is 183 Å². The van der Waals surface area contributed by atoms with Crippen LogP contribution in [0.25, 0.3) is 17.4 Å². The lowest BCUT2D eigenvalue weighted by molar-refractivity contribution is -0.255. The zero-order chi connectivity index (χ0) is 21.8. The van der Waals surface area contributed by atoms with Crippen LogP contribution in [0.1, 0.15) is 29.5 Å². The van der Waals surface area contributed by atoms with Gasteiger partial charge < -0.3 is 14.3 Å². The Bertz CT molecular complexity index is 1160. The summed E-state index contributed by atoms with van der Waals surface area (Å²) >= 11 is 1.32. The minimum absolute atomic E-state index is 0.0993. The molecule has 1 aliphatic rings. The van der Waals surface area contributed by atoms with E-state index in [0.717, 1.165) is 17.7 Å². The van der Waals surface area contributed by atoms with Crippen molar-refractivity contribution < 1.29 is 19.1 Å². The summed E-state index contributed by atoms with van der Waals surface area (Å²) < 4.78 is 5.87. The fraction of sp³-hybridized carbons (Fsp3) is 0.125. The summed E-state index contributed by atoms with van der Waals surface area (Å²) in [5, 5.41) is 11.5. The molecule has 0 N–H and O–H groups in total. The van der Waals surface area contributed by atoms with Crippen molar-refractivity contribution in [2.45, 2.75) is 13.3 Å². The number of hydrogen-bond donors (Lipinski definition) is 0. The molecule has 4 rings (SSSR count). The number of thioether (sulfide) groups is 1. The van der Waals surface area contributed by atoms with Crippen LogP contribution >= 0.6 is 11.8 Å². The quantitative estimate of drug-likeness (QED) is 0.543. The second-order valence-electron chi connectivity index (χ2n) is 6.86. The molecule has 0 bridgehead atoms. The lowest BCUT2D eigenvalue weighted by Gasteiger charge is -2.13. The van der Waals surface area contributed by atoms with Crippen molar-refractivity contribution in [1.29, 1.82) is 0 Å². The van der Waals surface area contributed by atoms with E-state index in [0.29, 0.717) is 28.1 Å². The van der Waals surface area contributed by atoms with Gasteiger partial charge in [-0.25, -0.2) is 4.99 Å². The van der Waals surface area contributed by atoms with Gasteiger partial charge in [-0.15, -0.1) is 0 Å². The van der Waals surface area contributed by atoms with Crippen molar-refractivity contribution in [2.24, 2.45) is 4.99 Å². The zero-order valence-corrected chi connectivity index (χ0v) is 17.6. The molecule has 1 aromatic heterocycles. The number of benzene rings is 2. The number of nitrogens with zero attached hydrogens (tertiary/aromatic N) is 2. The molecular formula is C24H19N2O4S-. The van der Waals surface area contributed by atoms with Gasteiger partial charge in [0.25, 0.3) is 5.91 Å². The highest BCUT2D eigenvalue weighted by atomic mass is 32.2. The third-order valence-electron chi connectivity index (χ3n) is 4.62. The van der Waals surface area contributed by atoms with E-state index >= 15 is 0 Å². The number of amides is 1. The molecule has 31 heavy (non-hydrogen) atoms. The monoisotopic (exact) mass is 431 g/mol. The van der Waals surface area contributed by atoms with Gasteiger partial charge in [-0.1, -0.05) is 49.4 Å². The molecule has 0 atom stereocenters. The highest BCUT2D eigenvalue weighted by Crippen LogP contribution is 2.35. The third kappa shape index (κ3) is 4.62. The first kappa shape index (κ1) is 20.7. The molecule has 0 unspecified atom stereocenters. The standard InChI is InChI=1S/C24H20N2O4S/c1-2-14-26-22(27)21(31-24(26)25-18-6-4-3-5-7-18)15-19-12-13-20(30-19)16-8-10-17(11-9-16)23(28)29/h3-13,15H,2,14H2,1H3,(H,28,29)/p-1/b21-15+,25-24?. The van der Waals surface area contributed by atoms with Crippen LogP contribution in [0, 0.1) is 0 Å². The number of furan rings is 1. The van der Waals surface area contributed by atoms with Crippen molar-refractivity contribution in [3.8, 4) is 11.3 Å². The Morgan fingerprint density at radius 2 is 1.84 bits per heavy atom. The average Bonchev–Trinajstić information content (AvgIpc) is 3.35. The molecular weight excluding hydrogens is 412 g/mol. The zero-order valence-electron chi connectivity index (χ0n) is 16.8. The van der Waals surface area contributed by atoms with Gasteiger partial charge in [0, 0.05) is 18.2 Å². The number of para-hydroxylation sites is 1. The van der Waals surface area contributed by atoms with Crippen LogP contribution < -0.4 is 5.11 Å². The molecule has 2 aromatic carbocycles. The number of carbonyl (C=O) groups is 2. The van der Waals surface area contributed by atoms with Gasteiger partial charge >= 0.3 is 0 Å². The minimum Gasteiger partial charge on any atom is -0.545 e. The van der Waals surface area contributed by atoms with Crippen LogP contribution in [0.4, 0.5) is 5.69 Å². The lowest BCUT2D eigenvalue weighted by Crippen LogP contribution is -2.29. The normalized spacial score (nSPS) is 16.4. The van der Waals surface area contributed by atoms with Crippen LogP contribution in [0.3, 0.4) is 0 Å². The summed E-state index contributed by atoms with van der Waals surface area (Å²) in [6, 6.07) is 19.3. The number of aromatic carboxylic acids is 1. The van der Waals surface area contributed by atoms with Crippen LogP contribution in [0.15, 0.2) is 81.0 Å². The van der Waals surface area contributed by atoms with Crippen LogP contribution in [0.2, 0.25) is 0 Å². The van der Waals surface area contributed by atoms with Crippen LogP contribution in [-0.4, -0.2) is 28.5 Å². The molecule has 1 aliphatic heterocycles. The van der Waals surface area contributed by atoms with Crippen molar-refractivity contribution in [3.63, 3.8) is 0 Å². The summed E-state index contributed by atoms with van der Waals surface area (Å²) in [6.45, 7) is 2.60. The lowest BCUT2D eigenvalue weighted by atomic mass is 10.1. The summed E-state index contributed by atoms with van der Waals surface area (Å²) in [6.07, 6.45) is 2.53. The number of carbonyl (C=O) groups excluding carboxylic acids is 2. The van der Waals surface area contributed by atoms with E-state index in [1.54, 1.807) is 35.2 Å². The van der Waals surface area contributed by atoms with Gasteiger partial charge in [-0.2, -0.15) is 0 Å². The van der Waals surface area contributed by atoms with E-state index in [4.69, 9.17) is 4.42 Å². The summed E-state index contributed by atoms with van der Waals surface area (Å²) in [5.41, 5.74) is 1.63. The number of hydrogen-bond acceptors (Lipinski definition) is 6. The van der Waals surface area contributed by atoms with Gasteiger partial charge in [0.2, 0.25) is 0 Å². The van der Waals surface area contributed by atoms with Gasteiger partial charge in [0.15, 0.2) is 5.17 Å². The Kier molecular flexibility index (Phi) is 6.04. The van der Waals surface area contributed by atoms with E-state index in [1.165, 1.54) is 23.9 Å². The van der Waals surface area contributed by atoms with E-state index in [1.807, 2.05) is 37.3 Å². The Morgan fingerprint density at radius 1 is 1.10 bits per heavy atom. The fourth-order valence-corrected chi connectivity index (χ4v) is 4.12. The second kappa shape index (κ2) is 9.06. The number of aliphatic imine (C=N–C) groups is 1. The first-order chi connectivity index (χ1) is 15.0. The minimum atomic E-state index is -1.22. The molecule has 0 radical (unpaired) electrons. The predicted octanol–water partition coefficient (Wildman–Crippen LogP) is 4.32. The number of carboxylic acids is 1. The van der Waals surface area contributed by atoms with Crippen molar-refractivity contribution >= 4 is 40.6 Å². The number of carboxylic acid groups (broad SMARTS) is 1. The van der Waals surface area contributed by atoms with Crippen LogP contribution in [0.5, 0.6) is 0 Å². The summed E-state index contributed by atoms with van der Waals surface area (Å²) in [7, 11) is 0. The maximum Gasteiger partial charge on any atom is 0.266 e. The second-order valence-corrected chi connectivity index (χ2v) is 7.87. The molecule has 0 saturated carbocycles. The molecule has 6 nitrogen and oxygen atoms in total. The average molecular weight is 431 g/mol. The predicted molar refractivity (Wildman–Crippen MR) is 120 cm³/mol. The molecule has 2 heterocycles. The van der Waals surface area contributed by atoms with Crippen molar-refractivity contribution in [3.05, 3.63) is 83.0 Å². The Balaban J connectivity index is 1.59. The highest BCUT2D eigenvalue weighted by molar-refractivity contribution is 8.18. The topological polar surface area (TPSA) is 85.9 Å². The number of rotatable bonds is 6. The van der Waals surface area contributed by atoms with Crippen LogP contribution in [-0.2, 0) is 4.79 Å². The van der Waals surface area contributed by atoms with Crippen molar-refractivity contribution in [1.82, 2.24) is 4.90 Å². The van der Waals surface area contributed by atoms with Crippen molar-refractivity contribution in [2.75, 3.05) is 6.54 Å².